The number of pyridine rings is 1. The third kappa shape index (κ3) is 3.08. The number of hydrogen-bond donors (Lipinski definition) is 2. The van der Waals surface area contributed by atoms with Crippen LogP contribution in [0.2, 0.25) is 0 Å². The van der Waals surface area contributed by atoms with E-state index >= 15 is 0 Å². The summed E-state index contributed by atoms with van der Waals surface area (Å²) in [5.41, 5.74) is 0.667. The highest BCUT2D eigenvalue weighted by atomic mass is 16.2. The quantitative estimate of drug-likeness (QED) is 0.808. The normalized spacial score (nSPS) is 23.5. The Balaban J connectivity index is 1.96. The second-order valence-corrected chi connectivity index (χ2v) is 7.45. The van der Waals surface area contributed by atoms with Gasteiger partial charge < -0.3 is 15.2 Å². The number of aromatic amines is 1. The number of aromatic nitrogens is 1. The number of fused-ring (bicyclic) bond motifs is 1. The highest BCUT2D eigenvalue weighted by Crippen LogP contribution is 2.33. The Morgan fingerprint density at radius 3 is 2.74 bits per heavy atom. The van der Waals surface area contributed by atoms with Gasteiger partial charge in [0.25, 0.3) is 11.5 Å². The van der Waals surface area contributed by atoms with Crippen LogP contribution in [0, 0.1) is 5.41 Å². The molecule has 0 saturated carbocycles. The van der Waals surface area contributed by atoms with Crippen molar-refractivity contribution >= 4 is 11.7 Å². The molecule has 6 nitrogen and oxygen atoms in total. The molecule has 0 spiro atoms. The fourth-order valence-corrected chi connectivity index (χ4v) is 3.47. The Labute approximate surface area is 135 Å². The molecule has 0 bridgehead atoms. The first-order chi connectivity index (χ1) is 10.8. The molecule has 1 aliphatic heterocycles. The Bertz CT molecular complexity index is 720. The van der Waals surface area contributed by atoms with Crippen molar-refractivity contribution in [2.75, 3.05) is 19.6 Å². The van der Waals surface area contributed by atoms with E-state index in [2.05, 4.69) is 10.3 Å². The van der Waals surface area contributed by atoms with Gasteiger partial charge in [-0.15, -0.1) is 0 Å². The lowest BCUT2D eigenvalue weighted by Gasteiger charge is -2.32. The molecule has 2 heterocycles. The highest BCUT2D eigenvalue weighted by Gasteiger charge is 2.33. The summed E-state index contributed by atoms with van der Waals surface area (Å²) >= 11 is 0. The summed E-state index contributed by atoms with van der Waals surface area (Å²) in [6.07, 6.45) is 1.08. The number of H-pyrrole nitrogens is 1. The molecule has 0 radical (unpaired) electrons. The van der Waals surface area contributed by atoms with E-state index in [1.807, 2.05) is 20.8 Å². The SMILES string of the molecule is CC1CN(C(=O)c2cc3c([nH]c2=O)CC(C)(C)CC3=O)CCN1. The molecule has 0 aromatic carbocycles. The van der Waals surface area contributed by atoms with Crippen LogP contribution in [0.25, 0.3) is 0 Å². The fourth-order valence-electron chi connectivity index (χ4n) is 3.47. The van der Waals surface area contributed by atoms with E-state index < -0.39 is 5.56 Å². The van der Waals surface area contributed by atoms with E-state index in [0.29, 0.717) is 43.7 Å². The second kappa shape index (κ2) is 5.60. The lowest BCUT2D eigenvalue weighted by Crippen LogP contribution is -2.52. The van der Waals surface area contributed by atoms with Gasteiger partial charge in [-0.25, -0.2) is 0 Å². The minimum Gasteiger partial charge on any atom is -0.336 e. The van der Waals surface area contributed by atoms with Gasteiger partial charge in [-0.2, -0.15) is 0 Å². The molecule has 1 aromatic heterocycles. The Hall–Kier alpha value is -1.95. The summed E-state index contributed by atoms with van der Waals surface area (Å²) in [5, 5.41) is 3.26. The van der Waals surface area contributed by atoms with E-state index in [9.17, 15) is 14.4 Å². The summed E-state index contributed by atoms with van der Waals surface area (Å²) in [4.78, 5) is 41.8. The van der Waals surface area contributed by atoms with Crippen LogP contribution in [0.1, 0.15) is 53.6 Å². The molecule has 1 saturated heterocycles. The van der Waals surface area contributed by atoms with Gasteiger partial charge in [-0.3, -0.25) is 14.4 Å². The lowest BCUT2D eigenvalue weighted by atomic mass is 9.75. The zero-order valence-electron chi connectivity index (χ0n) is 13.9. The van der Waals surface area contributed by atoms with Gasteiger partial charge >= 0.3 is 0 Å². The van der Waals surface area contributed by atoms with Crippen molar-refractivity contribution in [2.24, 2.45) is 5.41 Å². The molecule has 3 rings (SSSR count). The van der Waals surface area contributed by atoms with Crippen LogP contribution in [0.15, 0.2) is 10.9 Å². The average molecular weight is 317 g/mol. The lowest BCUT2D eigenvalue weighted by molar-refractivity contribution is 0.0707. The first kappa shape index (κ1) is 15.9. The van der Waals surface area contributed by atoms with E-state index in [0.717, 1.165) is 0 Å². The number of ketones is 1. The highest BCUT2D eigenvalue weighted by molar-refractivity contribution is 6.02. The van der Waals surface area contributed by atoms with E-state index in [-0.39, 0.29) is 28.7 Å². The predicted molar refractivity (Wildman–Crippen MR) is 86.9 cm³/mol. The van der Waals surface area contributed by atoms with Gasteiger partial charge in [-0.05, 0) is 24.8 Å². The molecule has 6 heteroatoms. The second-order valence-electron chi connectivity index (χ2n) is 7.45. The van der Waals surface area contributed by atoms with Gasteiger partial charge in [0.05, 0.1) is 0 Å². The molecular formula is C17H23N3O3. The molecule has 1 amide bonds. The van der Waals surface area contributed by atoms with Gasteiger partial charge in [0.1, 0.15) is 5.56 Å². The molecule has 1 aliphatic carbocycles. The molecule has 1 unspecified atom stereocenters. The molecule has 124 valence electrons. The van der Waals surface area contributed by atoms with Crippen molar-refractivity contribution < 1.29 is 9.59 Å². The number of nitrogens with one attached hydrogen (secondary N) is 2. The van der Waals surface area contributed by atoms with E-state index in [1.54, 1.807) is 4.90 Å². The fraction of sp³-hybridized carbons (Fsp3) is 0.588. The largest absolute Gasteiger partial charge is 0.336 e. The van der Waals surface area contributed by atoms with E-state index in [4.69, 9.17) is 0 Å². The van der Waals surface area contributed by atoms with Crippen molar-refractivity contribution in [3.63, 3.8) is 0 Å². The topological polar surface area (TPSA) is 82.3 Å². The van der Waals surface area contributed by atoms with E-state index in [1.165, 1.54) is 6.07 Å². The maximum atomic E-state index is 12.7. The third-order valence-electron chi connectivity index (χ3n) is 4.60. The number of rotatable bonds is 1. The van der Waals surface area contributed by atoms with Gasteiger partial charge in [-0.1, -0.05) is 13.8 Å². The molecule has 2 N–H and O–H groups in total. The van der Waals surface area contributed by atoms with Crippen LogP contribution in [-0.2, 0) is 6.42 Å². The minimum absolute atomic E-state index is 0.00442. The number of hydrogen-bond acceptors (Lipinski definition) is 4. The number of carbonyl (C=O) groups is 2. The van der Waals surface area contributed by atoms with Crippen molar-refractivity contribution in [1.29, 1.82) is 0 Å². The average Bonchev–Trinajstić information content (AvgIpc) is 2.44. The standard InChI is InChI=1S/C17H23N3O3/c1-10-9-20(5-4-18-10)16(23)12-6-11-13(19-15(12)22)7-17(2,3)8-14(11)21/h6,10,18H,4-5,7-9H2,1-3H3,(H,19,22). The van der Waals surface area contributed by atoms with Crippen LogP contribution in [0.5, 0.6) is 0 Å². The van der Waals surface area contributed by atoms with Crippen molar-refractivity contribution in [1.82, 2.24) is 15.2 Å². The Morgan fingerprint density at radius 1 is 1.30 bits per heavy atom. The molecular weight excluding hydrogens is 294 g/mol. The summed E-state index contributed by atoms with van der Waals surface area (Å²) in [6, 6.07) is 1.70. The molecule has 1 fully saturated rings. The van der Waals surface area contributed by atoms with Gasteiger partial charge in [0, 0.05) is 43.4 Å². The number of piperazine rings is 1. The summed E-state index contributed by atoms with van der Waals surface area (Å²) in [5.74, 6) is -0.296. The van der Waals surface area contributed by atoms with Crippen LogP contribution < -0.4 is 10.9 Å². The monoisotopic (exact) mass is 317 g/mol. The van der Waals surface area contributed by atoms with Gasteiger partial charge in [0.15, 0.2) is 5.78 Å². The van der Waals surface area contributed by atoms with Crippen LogP contribution in [0.3, 0.4) is 0 Å². The van der Waals surface area contributed by atoms with Crippen molar-refractivity contribution in [2.45, 2.75) is 39.7 Å². The van der Waals surface area contributed by atoms with Gasteiger partial charge in [0.2, 0.25) is 0 Å². The van der Waals surface area contributed by atoms with Crippen molar-refractivity contribution in [3.8, 4) is 0 Å². The zero-order chi connectivity index (χ0) is 16.8. The zero-order valence-corrected chi connectivity index (χ0v) is 13.9. The molecule has 23 heavy (non-hydrogen) atoms. The summed E-state index contributed by atoms with van der Waals surface area (Å²) in [6.45, 7) is 7.86. The maximum Gasteiger partial charge on any atom is 0.261 e. The summed E-state index contributed by atoms with van der Waals surface area (Å²) in [7, 11) is 0. The Morgan fingerprint density at radius 2 is 2.04 bits per heavy atom. The Kier molecular flexibility index (Phi) is 3.88. The first-order valence-electron chi connectivity index (χ1n) is 8.09. The molecule has 1 aromatic rings. The first-order valence-corrected chi connectivity index (χ1v) is 8.09. The summed E-state index contributed by atoms with van der Waals surface area (Å²) < 4.78 is 0. The number of nitrogens with zero attached hydrogens (tertiary/aromatic N) is 1. The van der Waals surface area contributed by atoms with Crippen molar-refractivity contribution in [3.05, 3.63) is 33.2 Å². The number of Topliss-reactive ketones (excluding diaryl/α,β-unsaturated/α-hetero) is 1. The predicted octanol–water partition coefficient (Wildman–Crippen LogP) is 0.964. The molecule has 2 aliphatic rings. The number of carbonyl (C=O) groups excluding carboxylic acids is 2. The van der Waals surface area contributed by atoms with Crippen LogP contribution in [0.4, 0.5) is 0 Å². The molecule has 1 atom stereocenters. The maximum absolute atomic E-state index is 12.7. The number of amides is 1. The van der Waals surface area contributed by atoms with Crippen LogP contribution in [-0.4, -0.2) is 47.3 Å². The third-order valence-corrected chi connectivity index (χ3v) is 4.60. The smallest absolute Gasteiger partial charge is 0.261 e. The minimum atomic E-state index is -0.398. The van der Waals surface area contributed by atoms with Crippen LogP contribution >= 0.6 is 0 Å².